The van der Waals surface area contributed by atoms with Crippen LogP contribution in [0.2, 0.25) is 0 Å². The van der Waals surface area contributed by atoms with Gasteiger partial charge in [-0.3, -0.25) is 0 Å². The fourth-order valence-corrected chi connectivity index (χ4v) is 5.39. The Balaban J connectivity index is 1.43. The van der Waals surface area contributed by atoms with E-state index in [1.54, 1.807) is 0 Å². The summed E-state index contributed by atoms with van der Waals surface area (Å²) in [4.78, 5) is 0. The predicted molar refractivity (Wildman–Crippen MR) is 187 cm³/mol. The van der Waals surface area contributed by atoms with E-state index in [1.807, 2.05) is 18.2 Å². The number of hydrogen-bond acceptors (Lipinski definition) is 1. The molecule has 2 unspecified atom stereocenters. The summed E-state index contributed by atoms with van der Waals surface area (Å²) in [5.74, 6) is 0.185. The Hall–Kier alpha value is -5.14. The Morgan fingerprint density at radius 2 is 1.51 bits per heavy atom. The van der Waals surface area contributed by atoms with Crippen LogP contribution in [0.4, 0.5) is 5.69 Å². The highest BCUT2D eigenvalue weighted by Crippen LogP contribution is 2.34. The van der Waals surface area contributed by atoms with Gasteiger partial charge in [0.15, 0.2) is 0 Å². The first-order valence-electron chi connectivity index (χ1n) is 15.0. The molecule has 4 aromatic rings. The SMILES string of the molecule is C=C\C=C/C(=C\Cc1cccc(C2C=C(c3ccccc3)C=CC2Nc2ccccc2)c1)C(/C=C\c1ccccc1)=C\C. The molecule has 1 N–H and O–H groups in total. The molecular weight excluding hydrogens is 518 g/mol. The molecule has 1 aliphatic carbocycles. The van der Waals surface area contributed by atoms with Crippen LogP contribution in [0, 0.1) is 0 Å². The molecule has 4 aromatic carbocycles. The maximum Gasteiger partial charge on any atom is 0.0551 e. The van der Waals surface area contributed by atoms with E-state index in [-0.39, 0.29) is 12.0 Å². The maximum absolute atomic E-state index is 3.89. The minimum absolute atomic E-state index is 0.143. The number of anilines is 1. The molecule has 5 rings (SSSR count). The van der Waals surface area contributed by atoms with E-state index in [0.717, 1.165) is 12.1 Å². The van der Waals surface area contributed by atoms with Gasteiger partial charge in [-0.1, -0.05) is 170 Å². The van der Waals surface area contributed by atoms with Gasteiger partial charge in [-0.2, -0.15) is 0 Å². The summed E-state index contributed by atoms with van der Waals surface area (Å²) in [5.41, 5.74) is 9.74. The monoisotopic (exact) mass is 557 g/mol. The van der Waals surface area contributed by atoms with Gasteiger partial charge in [0.25, 0.3) is 0 Å². The molecule has 0 saturated heterocycles. The van der Waals surface area contributed by atoms with Crippen LogP contribution in [0.15, 0.2) is 188 Å². The van der Waals surface area contributed by atoms with Gasteiger partial charge in [0.05, 0.1) is 6.04 Å². The topological polar surface area (TPSA) is 12.0 Å². The van der Waals surface area contributed by atoms with Crippen LogP contribution in [0.5, 0.6) is 0 Å². The summed E-state index contributed by atoms with van der Waals surface area (Å²) in [7, 11) is 0. The Morgan fingerprint density at radius 1 is 0.791 bits per heavy atom. The molecule has 0 amide bonds. The van der Waals surface area contributed by atoms with Crippen molar-refractivity contribution in [1.82, 2.24) is 0 Å². The molecule has 43 heavy (non-hydrogen) atoms. The van der Waals surface area contributed by atoms with E-state index in [1.165, 1.54) is 39.0 Å². The molecule has 0 aliphatic heterocycles. The van der Waals surface area contributed by atoms with Gasteiger partial charge in [-0.25, -0.2) is 0 Å². The quantitative estimate of drug-likeness (QED) is 0.181. The number of hydrogen-bond donors (Lipinski definition) is 1. The standard InChI is InChI=1S/C42H39N/c1-3-5-19-37(35(4-2)27-25-33-16-9-6-10-17-33)28-26-34-18-15-22-39(31-34)41-32-38(36-20-11-7-12-21-36)29-30-42(41)43-40-23-13-8-14-24-40/h3-25,27-32,41-43H,1,26H2,2H3/b19-5-,27-25-,35-4-,37-28+. The van der Waals surface area contributed by atoms with E-state index in [2.05, 4.69) is 177 Å². The van der Waals surface area contributed by atoms with Crippen LogP contribution in [0.25, 0.3) is 11.6 Å². The third-order valence-corrected chi connectivity index (χ3v) is 7.65. The van der Waals surface area contributed by atoms with E-state index >= 15 is 0 Å². The van der Waals surface area contributed by atoms with Gasteiger partial charge in [-0.05, 0) is 64.5 Å². The Morgan fingerprint density at radius 3 is 2.23 bits per heavy atom. The van der Waals surface area contributed by atoms with E-state index < -0.39 is 0 Å². The Labute approximate surface area is 257 Å². The molecular formula is C42H39N. The van der Waals surface area contributed by atoms with Crippen molar-refractivity contribution in [3.05, 3.63) is 210 Å². The first kappa shape index (κ1) is 29.4. The zero-order chi connectivity index (χ0) is 29.7. The van der Waals surface area contributed by atoms with Crippen molar-refractivity contribution in [2.75, 3.05) is 5.32 Å². The summed E-state index contributed by atoms with van der Waals surface area (Å²) in [5, 5.41) is 3.77. The lowest BCUT2D eigenvalue weighted by atomic mass is 9.83. The Bertz CT molecular complexity index is 1660. The molecule has 0 radical (unpaired) electrons. The van der Waals surface area contributed by atoms with E-state index in [9.17, 15) is 0 Å². The minimum Gasteiger partial charge on any atom is -0.378 e. The fraction of sp³-hybridized carbons (Fsp3) is 0.0952. The van der Waals surface area contributed by atoms with Crippen molar-refractivity contribution in [2.45, 2.75) is 25.3 Å². The molecule has 0 aromatic heterocycles. The fourth-order valence-electron chi connectivity index (χ4n) is 5.39. The summed E-state index contributed by atoms with van der Waals surface area (Å²) in [6.07, 6.45) is 22.6. The summed E-state index contributed by atoms with van der Waals surface area (Å²) >= 11 is 0. The molecule has 1 heteroatoms. The molecule has 0 fully saturated rings. The molecule has 1 aliphatic rings. The average molecular weight is 558 g/mol. The van der Waals surface area contributed by atoms with Crippen LogP contribution in [0.3, 0.4) is 0 Å². The highest BCUT2D eigenvalue weighted by molar-refractivity contribution is 5.77. The van der Waals surface area contributed by atoms with Gasteiger partial charge < -0.3 is 5.32 Å². The zero-order valence-corrected chi connectivity index (χ0v) is 24.8. The van der Waals surface area contributed by atoms with Gasteiger partial charge in [0, 0.05) is 11.6 Å². The largest absolute Gasteiger partial charge is 0.378 e. The van der Waals surface area contributed by atoms with Crippen molar-refractivity contribution in [1.29, 1.82) is 0 Å². The van der Waals surface area contributed by atoms with Crippen LogP contribution in [0.1, 0.15) is 35.1 Å². The van der Waals surface area contributed by atoms with E-state index in [4.69, 9.17) is 0 Å². The lowest BCUT2D eigenvalue weighted by Gasteiger charge is -2.29. The van der Waals surface area contributed by atoms with Gasteiger partial charge >= 0.3 is 0 Å². The molecule has 0 bridgehead atoms. The smallest absolute Gasteiger partial charge is 0.0551 e. The highest BCUT2D eigenvalue weighted by Gasteiger charge is 2.23. The van der Waals surface area contributed by atoms with Crippen molar-refractivity contribution >= 4 is 17.3 Å². The molecule has 2 atom stereocenters. The number of para-hydroxylation sites is 1. The lowest BCUT2D eigenvalue weighted by Crippen LogP contribution is -2.26. The third-order valence-electron chi connectivity index (χ3n) is 7.65. The normalized spacial score (nSPS) is 17.3. The van der Waals surface area contributed by atoms with Crippen LogP contribution in [-0.4, -0.2) is 6.04 Å². The second-order valence-electron chi connectivity index (χ2n) is 10.6. The number of allylic oxidation sites excluding steroid dienone is 10. The second kappa shape index (κ2) is 15.2. The summed E-state index contributed by atoms with van der Waals surface area (Å²) in [6, 6.07) is 40.7. The number of benzene rings is 4. The lowest BCUT2D eigenvalue weighted by molar-refractivity contribution is 0.757. The molecule has 0 spiro atoms. The third kappa shape index (κ3) is 8.21. The predicted octanol–water partition coefficient (Wildman–Crippen LogP) is 10.8. The highest BCUT2D eigenvalue weighted by atomic mass is 14.9. The summed E-state index contributed by atoms with van der Waals surface area (Å²) in [6.45, 7) is 5.98. The van der Waals surface area contributed by atoms with Gasteiger partial charge in [0.1, 0.15) is 0 Å². The molecule has 0 heterocycles. The molecule has 0 saturated carbocycles. The average Bonchev–Trinajstić information content (AvgIpc) is 3.07. The maximum atomic E-state index is 3.89. The molecule has 212 valence electrons. The van der Waals surface area contributed by atoms with Crippen molar-refractivity contribution < 1.29 is 0 Å². The van der Waals surface area contributed by atoms with Gasteiger partial charge in [0.2, 0.25) is 0 Å². The van der Waals surface area contributed by atoms with E-state index in [0.29, 0.717) is 0 Å². The number of nitrogens with one attached hydrogen (secondary N) is 1. The van der Waals surface area contributed by atoms with Crippen molar-refractivity contribution in [2.24, 2.45) is 0 Å². The second-order valence-corrected chi connectivity index (χ2v) is 10.6. The number of rotatable bonds is 11. The molecule has 1 nitrogen and oxygen atoms in total. The first-order valence-corrected chi connectivity index (χ1v) is 15.0. The van der Waals surface area contributed by atoms with Crippen LogP contribution < -0.4 is 5.32 Å². The summed E-state index contributed by atoms with van der Waals surface area (Å²) < 4.78 is 0. The van der Waals surface area contributed by atoms with Crippen LogP contribution in [-0.2, 0) is 6.42 Å². The Kier molecular flexibility index (Phi) is 10.4. The van der Waals surface area contributed by atoms with Gasteiger partial charge in [-0.15, -0.1) is 0 Å². The van der Waals surface area contributed by atoms with Crippen molar-refractivity contribution in [3.63, 3.8) is 0 Å². The van der Waals surface area contributed by atoms with Crippen LogP contribution >= 0.6 is 0 Å². The minimum atomic E-state index is 0.143. The zero-order valence-electron chi connectivity index (χ0n) is 24.8. The first-order chi connectivity index (χ1) is 21.2. The van der Waals surface area contributed by atoms with Crippen molar-refractivity contribution in [3.8, 4) is 0 Å².